The number of nitrogens with zero attached hydrogens (tertiary/aromatic N) is 3. The van der Waals surface area contributed by atoms with E-state index in [2.05, 4.69) is 9.97 Å². The Morgan fingerprint density at radius 1 is 1.41 bits per heavy atom. The highest BCUT2D eigenvalue weighted by atomic mass is 32.1. The largest absolute Gasteiger partial charge is 0.486 e. The van der Waals surface area contributed by atoms with Crippen LogP contribution in [0.15, 0.2) is 36.1 Å². The first kappa shape index (κ1) is 10.2. The minimum atomic E-state index is -0.514. The van der Waals surface area contributed by atoms with Crippen molar-refractivity contribution in [2.24, 2.45) is 0 Å². The van der Waals surface area contributed by atoms with Gasteiger partial charge in [0, 0.05) is 17.8 Å². The van der Waals surface area contributed by atoms with E-state index in [0.717, 1.165) is 10.7 Å². The Bertz CT molecular complexity index is 603. The van der Waals surface area contributed by atoms with Gasteiger partial charge >= 0.3 is 0 Å². The summed E-state index contributed by atoms with van der Waals surface area (Å²) in [6.45, 7) is 0.349. The van der Waals surface area contributed by atoms with E-state index < -0.39 is 5.95 Å². The summed E-state index contributed by atoms with van der Waals surface area (Å²) >= 11 is 1.57. The van der Waals surface area contributed by atoms with Crippen LogP contribution in [0.3, 0.4) is 0 Å². The minimum absolute atomic E-state index is 0.349. The first-order chi connectivity index (χ1) is 8.31. The molecule has 0 saturated carbocycles. The molecule has 0 aromatic carbocycles. The van der Waals surface area contributed by atoms with E-state index in [1.165, 1.54) is 12.3 Å². The Morgan fingerprint density at radius 2 is 2.35 bits per heavy atom. The Kier molecular flexibility index (Phi) is 2.49. The van der Waals surface area contributed by atoms with Gasteiger partial charge in [0.25, 0.3) is 0 Å². The van der Waals surface area contributed by atoms with E-state index in [9.17, 15) is 4.39 Å². The number of imidazole rings is 1. The normalized spacial score (nSPS) is 10.9. The van der Waals surface area contributed by atoms with Crippen molar-refractivity contribution < 1.29 is 9.13 Å². The van der Waals surface area contributed by atoms with Gasteiger partial charge in [-0.05, 0) is 12.1 Å². The van der Waals surface area contributed by atoms with Crippen LogP contribution in [-0.4, -0.2) is 14.4 Å². The summed E-state index contributed by atoms with van der Waals surface area (Å²) in [5.41, 5.74) is 0.834. The summed E-state index contributed by atoms with van der Waals surface area (Å²) in [6.07, 6.45) is 5.20. The number of thiazole rings is 1. The molecule has 86 valence electrons. The lowest BCUT2D eigenvalue weighted by Crippen LogP contribution is -1.96. The Labute approximate surface area is 100 Å². The van der Waals surface area contributed by atoms with Crippen LogP contribution in [0.1, 0.15) is 5.69 Å². The number of hydrogen-bond donors (Lipinski definition) is 0. The zero-order chi connectivity index (χ0) is 11.7. The second-order valence-corrected chi connectivity index (χ2v) is 4.30. The smallest absolute Gasteiger partial charge is 0.213 e. The monoisotopic (exact) mass is 249 g/mol. The van der Waals surface area contributed by atoms with Crippen molar-refractivity contribution in [3.8, 4) is 5.75 Å². The molecule has 0 unspecified atom stereocenters. The molecule has 0 saturated heterocycles. The van der Waals surface area contributed by atoms with Crippen molar-refractivity contribution in [2.75, 3.05) is 0 Å². The summed E-state index contributed by atoms with van der Waals surface area (Å²) in [5.74, 6) is 0.0163. The van der Waals surface area contributed by atoms with Crippen LogP contribution in [0, 0.1) is 5.95 Å². The van der Waals surface area contributed by atoms with Crippen molar-refractivity contribution in [3.05, 3.63) is 47.7 Å². The van der Waals surface area contributed by atoms with Crippen LogP contribution < -0.4 is 4.74 Å². The lowest BCUT2D eigenvalue weighted by molar-refractivity contribution is 0.300. The molecule has 3 aromatic heterocycles. The van der Waals surface area contributed by atoms with Crippen LogP contribution >= 0.6 is 11.3 Å². The third-order valence-corrected chi connectivity index (χ3v) is 3.00. The van der Waals surface area contributed by atoms with Crippen LogP contribution in [-0.2, 0) is 6.61 Å². The molecule has 3 heterocycles. The first-order valence-electron chi connectivity index (χ1n) is 4.97. The van der Waals surface area contributed by atoms with Gasteiger partial charge in [0.05, 0.1) is 11.9 Å². The predicted molar refractivity (Wildman–Crippen MR) is 61.6 cm³/mol. The number of ether oxygens (including phenoxy) is 1. The number of aromatic nitrogens is 3. The van der Waals surface area contributed by atoms with Gasteiger partial charge in [-0.3, -0.25) is 4.40 Å². The van der Waals surface area contributed by atoms with Gasteiger partial charge in [0.1, 0.15) is 12.4 Å². The van der Waals surface area contributed by atoms with Gasteiger partial charge in [0.2, 0.25) is 5.95 Å². The van der Waals surface area contributed by atoms with Crippen LogP contribution in [0.2, 0.25) is 0 Å². The molecule has 0 radical (unpaired) electrons. The van der Waals surface area contributed by atoms with E-state index in [0.29, 0.717) is 12.4 Å². The van der Waals surface area contributed by atoms with E-state index >= 15 is 0 Å². The van der Waals surface area contributed by atoms with Crippen LogP contribution in [0.25, 0.3) is 4.96 Å². The average molecular weight is 249 g/mol. The summed E-state index contributed by atoms with van der Waals surface area (Å²) < 4.78 is 19.9. The molecule has 3 aromatic rings. The van der Waals surface area contributed by atoms with E-state index in [4.69, 9.17) is 4.74 Å². The minimum Gasteiger partial charge on any atom is -0.486 e. The molecule has 6 heteroatoms. The molecule has 0 atom stereocenters. The highest BCUT2D eigenvalue weighted by molar-refractivity contribution is 7.15. The third kappa shape index (κ3) is 2.12. The van der Waals surface area contributed by atoms with E-state index in [1.807, 2.05) is 22.2 Å². The van der Waals surface area contributed by atoms with Crippen molar-refractivity contribution in [3.63, 3.8) is 0 Å². The second kappa shape index (κ2) is 4.14. The summed E-state index contributed by atoms with van der Waals surface area (Å²) in [7, 11) is 0. The maximum absolute atomic E-state index is 12.6. The summed E-state index contributed by atoms with van der Waals surface area (Å²) in [5, 5.41) is 1.97. The van der Waals surface area contributed by atoms with Crippen molar-refractivity contribution in [2.45, 2.75) is 6.61 Å². The fourth-order valence-corrected chi connectivity index (χ4v) is 2.17. The lowest BCUT2D eigenvalue weighted by atomic mass is 10.4. The summed E-state index contributed by atoms with van der Waals surface area (Å²) in [6, 6.07) is 2.81. The number of halogens is 1. The van der Waals surface area contributed by atoms with Gasteiger partial charge in [-0.1, -0.05) is 0 Å². The quantitative estimate of drug-likeness (QED) is 0.669. The number of fused-ring (bicyclic) bond motifs is 1. The van der Waals surface area contributed by atoms with Crippen molar-refractivity contribution in [1.82, 2.24) is 14.4 Å². The predicted octanol–water partition coefficient (Wildman–Crippen LogP) is 2.51. The third-order valence-electron chi connectivity index (χ3n) is 2.23. The van der Waals surface area contributed by atoms with Gasteiger partial charge in [-0.2, -0.15) is 4.39 Å². The van der Waals surface area contributed by atoms with E-state index in [-0.39, 0.29) is 0 Å². The van der Waals surface area contributed by atoms with Crippen LogP contribution in [0.5, 0.6) is 5.75 Å². The van der Waals surface area contributed by atoms with E-state index in [1.54, 1.807) is 17.4 Å². The number of rotatable bonds is 3. The molecule has 0 fully saturated rings. The average Bonchev–Trinajstić information content (AvgIpc) is 2.88. The molecule has 3 rings (SSSR count). The zero-order valence-electron chi connectivity index (χ0n) is 8.71. The Morgan fingerprint density at radius 3 is 3.12 bits per heavy atom. The SMILES string of the molecule is Fc1ccc(OCc2cn3ccsc3n2)cn1. The van der Waals surface area contributed by atoms with Crippen LogP contribution in [0.4, 0.5) is 4.39 Å². The standard InChI is InChI=1S/C11H8FN3OS/c12-10-2-1-9(5-13-10)16-7-8-6-15-3-4-17-11(15)14-8/h1-6H,7H2. The van der Waals surface area contributed by atoms with Crippen molar-refractivity contribution >= 4 is 16.3 Å². The second-order valence-electron chi connectivity index (χ2n) is 3.43. The van der Waals surface area contributed by atoms with Gasteiger partial charge < -0.3 is 4.74 Å². The Hall–Kier alpha value is -1.95. The fraction of sp³-hybridized carbons (Fsp3) is 0.0909. The van der Waals surface area contributed by atoms with Gasteiger partial charge in [-0.25, -0.2) is 9.97 Å². The fourth-order valence-electron chi connectivity index (χ4n) is 1.45. The maximum atomic E-state index is 12.6. The maximum Gasteiger partial charge on any atom is 0.213 e. The lowest BCUT2D eigenvalue weighted by Gasteiger charge is -2.02. The molecule has 4 nitrogen and oxygen atoms in total. The molecule has 0 spiro atoms. The molecule has 0 bridgehead atoms. The molecule has 17 heavy (non-hydrogen) atoms. The Balaban J connectivity index is 1.71. The van der Waals surface area contributed by atoms with Crippen molar-refractivity contribution in [1.29, 1.82) is 0 Å². The molecule has 0 aliphatic heterocycles. The highest BCUT2D eigenvalue weighted by Crippen LogP contribution is 2.14. The molecular weight excluding hydrogens is 241 g/mol. The molecule has 0 aliphatic carbocycles. The van der Waals surface area contributed by atoms with Gasteiger partial charge in [0.15, 0.2) is 4.96 Å². The first-order valence-corrected chi connectivity index (χ1v) is 5.85. The molecular formula is C11H8FN3OS. The number of pyridine rings is 1. The molecule has 0 amide bonds. The van der Waals surface area contributed by atoms with Gasteiger partial charge in [-0.15, -0.1) is 11.3 Å². The number of hydrogen-bond acceptors (Lipinski definition) is 4. The highest BCUT2D eigenvalue weighted by Gasteiger charge is 2.03. The molecule has 0 aliphatic rings. The topological polar surface area (TPSA) is 39.4 Å². The zero-order valence-corrected chi connectivity index (χ0v) is 9.52. The summed E-state index contributed by atoms with van der Waals surface area (Å²) in [4.78, 5) is 8.81. The molecule has 0 N–H and O–H groups in total.